The molecule has 0 aliphatic rings. The first-order valence-electron chi connectivity index (χ1n) is 12.7. The molecule has 2 N–H and O–H groups in total. The molecule has 3 rings (SSSR count). The van der Waals surface area contributed by atoms with E-state index in [2.05, 4.69) is 25.6 Å². The standard InChI is InChI=1S/C27H36FN7O3/c1-6-33(7-2)16-17-34(24(26(38)29-27(3,4)5)19-10-14-22(36)15-11-19)23(37)18-35-31-25(30-32-35)20-8-12-21(28)13-9-20/h8-15,24,36H,6-7,16-18H2,1-5H3,(H,29,38). The van der Waals surface area contributed by atoms with Crippen LogP contribution in [0.25, 0.3) is 11.4 Å². The molecule has 1 unspecified atom stereocenters. The van der Waals surface area contributed by atoms with Crippen LogP contribution in [0.1, 0.15) is 46.2 Å². The van der Waals surface area contributed by atoms with Crippen molar-refractivity contribution in [1.29, 1.82) is 0 Å². The van der Waals surface area contributed by atoms with E-state index in [0.29, 0.717) is 17.7 Å². The van der Waals surface area contributed by atoms with Crippen molar-refractivity contribution in [2.75, 3.05) is 26.2 Å². The van der Waals surface area contributed by atoms with Gasteiger partial charge in [0.25, 0.3) is 0 Å². The zero-order chi connectivity index (χ0) is 27.9. The number of hydrogen-bond donors (Lipinski definition) is 2. The van der Waals surface area contributed by atoms with Gasteiger partial charge in [-0.3, -0.25) is 9.59 Å². The van der Waals surface area contributed by atoms with Crippen LogP contribution in [0.15, 0.2) is 48.5 Å². The van der Waals surface area contributed by atoms with Crippen LogP contribution in [-0.2, 0) is 16.1 Å². The SMILES string of the molecule is CCN(CC)CCN(C(=O)Cn1nnc(-c2ccc(F)cc2)n1)C(C(=O)NC(C)(C)C)c1ccc(O)cc1. The summed E-state index contributed by atoms with van der Waals surface area (Å²) < 4.78 is 13.3. The smallest absolute Gasteiger partial charge is 0.247 e. The number of benzene rings is 2. The van der Waals surface area contributed by atoms with Crippen LogP contribution in [0.5, 0.6) is 5.75 Å². The van der Waals surface area contributed by atoms with E-state index in [1.807, 2.05) is 34.6 Å². The van der Waals surface area contributed by atoms with Gasteiger partial charge in [0.05, 0.1) is 0 Å². The van der Waals surface area contributed by atoms with Crippen molar-refractivity contribution in [2.45, 2.75) is 52.7 Å². The average Bonchev–Trinajstić information content (AvgIpc) is 3.32. The van der Waals surface area contributed by atoms with Crippen LogP contribution >= 0.6 is 0 Å². The second-order valence-corrected chi connectivity index (χ2v) is 10.00. The molecule has 11 heteroatoms. The molecule has 1 aromatic heterocycles. The first-order valence-corrected chi connectivity index (χ1v) is 12.7. The molecule has 0 saturated heterocycles. The molecule has 0 bridgehead atoms. The maximum Gasteiger partial charge on any atom is 0.247 e. The molecule has 2 amide bonds. The molecule has 0 radical (unpaired) electrons. The quantitative estimate of drug-likeness (QED) is 0.395. The molecule has 0 fully saturated rings. The molecule has 3 aromatic rings. The third kappa shape index (κ3) is 7.82. The van der Waals surface area contributed by atoms with Crippen molar-refractivity contribution >= 4 is 11.8 Å². The number of phenolic OH excluding ortho intramolecular Hbond substituents is 1. The molecule has 2 aromatic carbocycles. The maximum atomic E-state index is 13.7. The number of aromatic nitrogens is 4. The summed E-state index contributed by atoms with van der Waals surface area (Å²) >= 11 is 0. The second kappa shape index (κ2) is 12.6. The van der Waals surface area contributed by atoms with Gasteiger partial charge in [-0.2, -0.15) is 4.80 Å². The van der Waals surface area contributed by atoms with Gasteiger partial charge in [0.1, 0.15) is 24.2 Å². The largest absolute Gasteiger partial charge is 0.508 e. The molecule has 1 heterocycles. The van der Waals surface area contributed by atoms with Crippen molar-refractivity contribution in [2.24, 2.45) is 0 Å². The van der Waals surface area contributed by atoms with Crippen LogP contribution in [0.4, 0.5) is 4.39 Å². The Balaban J connectivity index is 1.94. The number of carbonyl (C=O) groups excluding carboxylic acids is 2. The fraction of sp³-hybridized carbons (Fsp3) is 0.444. The normalized spacial score (nSPS) is 12.4. The zero-order valence-electron chi connectivity index (χ0n) is 22.6. The van der Waals surface area contributed by atoms with Crippen LogP contribution in [0, 0.1) is 5.82 Å². The Kier molecular flexibility index (Phi) is 9.51. The van der Waals surface area contributed by atoms with E-state index in [1.54, 1.807) is 12.1 Å². The van der Waals surface area contributed by atoms with Crippen molar-refractivity contribution in [3.8, 4) is 17.1 Å². The predicted octanol–water partition coefficient (Wildman–Crippen LogP) is 3.01. The van der Waals surface area contributed by atoms with Gasteiger partial charge in [-0.15, -0.1) is 10.2 Å². The summed E-state index contributed by atoms with van der Waals surface area (Å²) in [6.07, 6.45) is 0. The molecule has 204 valence electrons. The van der Waals surface area contributed by atoms with Gasteiger partial charge in [-0.1, -0.05) is 26.0 Å². The molecule has 0 aliphatic carbocycles. The van der Waals surface area contributed by atoms with Crippen LogP contribution in [0.3, 0.4) is 0 Å². The topological polar surface area (TPSA) is 116 Å². The summed E-state index contributed by atoms with van der Waals surface area (Å²) in [5.41, 5.74) is 0.600. The highest BCUT2D eigenvalue weighted by Gasteiger charge is 2.33. The molecule has 0 aliphatic heterocycles. The van der Waals surface area contributed by atoms with E-state index in [4.69, 9.17) is 0 Å². The van der Waals surface area contributed by atoms with Gasteiger partial charge in [0, 0.05) is 24.2 Å². The number of nitrogens with one attached hydrogen (secondary N) is 1. The third-order valence-corrected chi connectivity index (χ3v) is 5.97. The van der Waals surface area contributed by atoms with Crippen LogP contribution in [-0.4, -0.2) is 78.6 Å². The number of rotatable bonds is 11. The van der Waals surface area contributed by atoms with Gasteiger partial charge >= 0.3 is 0 Å². The maximum absolute atomic E-state index is 13.7. The Labute approximate surface area is 222 Å². The molecule has 0 saturated carbocycles. The highest BCUT2D eigenvalue weighted by molar-refractivity contribution is 5.89. The molecular weight excluding hydrogens is 489 g/mol. The van der Waals surface area contributed by atoms with E-state index in [9.17, 15) is 19.1 Å². The summed E-state index contributed by atoms with van der Waals surface area (Å²) in [4.78, 5) is 32.2. The lowest BCUT2D eigenvalue weighted by atomic mass is 10.0. The van der Waals surface area contributed by atoms with E-state index in [-0.39, 0.29) is 42.3 Å². The lowest BCUT2D eigenvalue weighted by molar-refractivity contribution is -0.142. The predicted molar refractivity (Wildman–Crippen MR) is 141 cm³/mol. The van der Waals surface area contributed by atoms with Crippen LogP contribution < -0.4 is 5.32 Å². The number of phenols is 1. The summed E-state index contributed by atoms with van der Waals surface area (Å²) in [6, 6.07) is 11.0. The van der Waals surface area contributed by atoms with Crippen molar-refractivity contribution in [1.82, 2.24) is 35.3 Å². The molecule has 10 nitrogen and oxygen atoms in total. The van der Waals surface area contributed by atoms with E-state index in [1.165, 1.54) is 46.1 Å². The highest BCUT2D eigenvalue weighted by atomic mass is 19.1. The molecule has 0 spiro atoms. The van der Waals surface area contributed by atoms with Gasteiger partial charge in [-0.25, -0.2) is 4.39 Å². The molecule has 1 atom stereocenters. The minimum Gasteiger partial charge on any atom is -0.508 e. The Morgan fingerprint density at radius 1 is 1.03 bits per heavy atom. The minimum atomic E-state index is -0.946. The fourth-order valence-electron chi connectivity index (χ4n) is 3.99. The minimum absolute atomic E-state index is 0.0601. The van der Waals surface area contributed by atoms with Gasteiger partial charge in [0.2, 0.25) is 17.6 Å². The van der Waals surface area contributed by atoms with Crippen molar-refractivity contribution in [3.63, 3.8) is 0 Å². The molecular formula is C27H36FN7O3. The number of aromatic hydroxyl groups is 1. The Bertz CT molecular complexity index is 1200. The van der Waals surface area contributed by atoms with Gasteiger partial charge < -0.3 is 20.2 Å². The summed E-state index contributed by atoms with van der Waals surface area (Å²) in [6.45, 7) is 11.9. The number of nitrogens with zero attached hydrogens (tertiary/aromatic N) is 6. The number of amides is 2. The van der Waals surface area contributed by atoms with Gasteiger partial charge in [-0.05, 0) is 81.0 Å². The molecule has 38 heavy (non-hydrogen) atoms. The first-order chi connectivity index (χ1) is 18.0. The van der Waals surface area contributed by atoms with Gasteiger partial charge in [0.15, 0.2) is 0 Å². The first kappa shape index (κ1) is 28.7. The fourth-order valence-corrected chi connectivity index (χ4v) is 3.99. The Morgan fingerprint density at radius 3 is 2.24 bits per heavy atom. The highest BCUT2D eigenvalue weighted by Crippen LogP contribution is 2.25. The summed E-state index contributed by atoms with van der Waals surface area (Å²) in [5.74, 6) is -0.774. The number of carbonyl (C=O) groups is 2. The van der Waals surface area contributed by atoms with Crippen molar-refractivity contribution in [3.05, 3.63) is 59.9 Å². The summed E-state index contributed by atoms with van der Waals surface area (Å²) in [5, 5.41) is 25.1. The van der Waals surface area contributed by atoms with E-state index >= 15 is 0 Å². The second-order valence-electron chi connectivity index (χ2n) is 10.00. The Hall–Kier alpha value is -3.86. The number of likely N-dealkylation sites (N-methyl/N-ethyl adjacent to an activating group) is 1. The number of halogens is 1. The summed E-state index contributed by atoms with van der Waals surface area (Å²) in [7, 11) is 0. The van der Waals surface area contributed by atoms with Crippen molar-refractivity contribution < 1.29 is 19.1 Å². The lowest BCUT2D eigenvalue weighted by Gasteiger charge is -2.35. The Morgan fingerprint density at radius 2 is 1.66 bits per heavy atom. The van der Waals surface area contributed by atoms with E-state index in [0.717, 1.165) is 13.1 Å². The number of tetrazole rings is 1. The van der Waals surface area contributed by atoms with E-state index < -0.39 is 11.6 Å². The number of hydrogen-bond acceptors (Lipinski definition) is 7. The monoisotopic (exact) mass is 525 g/mol. The third-order valence-electron chi connectivity index (χ3n) is 5.97. The zero-order valence-corrected chi connectivity index (χ0v) is 22.6. The van der Waals surface area contributed by atoms with Crippen LogP contribution in [0.2, 0.25) is 0 Å². The average molecular weight is 526 g/mol. The lowest BCUT2D eigenvalue weighted by Crippen LogP contribution is -2.51.